The highest BCUT2D eigenvalue weighted by molar-refractivity contribution is 5.56. The molecule has 90 valence electrons. The van der Waals surface area contributed by atoms with Crippen LogP contribution >= 0.6 is 0 Å². The first kappa shape index (κ1) is 11.6. The second kappa shape index (κ2) is 4.93. The molecule has 0 bridgehead atoms. The number of non-ortho nitro benzene ring substituents is 1. The van der Waals surface area contributed by atoms with Gasteiger partial charge in [0.2, 0.25) is 11.7 Å². The Morgan fingerprint density at radius 1 is 1.44 bits per heavy atom. The molecule has 2 aromatic rings. The fourth-order valence-corrected chi connectivity index (χ4v) is 1.26. The number of rotatable bonds is 4. The minimum Gasteiger partial charge on any atom is -0.339 e. The van der Waals surface area contributed by atoms with E-state index in [2.05, 4.69) is 20.2 Å². The molecule has 0 radical (unpaired) electrons. The molecule has 1 heterocycles. The maximum absolute atomic E-state index is 10.5. The van der Waals surface area contributed by atoms with E-state index in [0.29, 0.717) is 5.56 Å². The fourth-order valence-electron chi connectivity index (χ4n) is 1.26. The predicted octanol–water partition coefficient (Wildman–Crippen LogP) is 2.46. The van der Waals surface area contributed by atoms with Crippen molar-refractivity contribution in [3.63, 3.8) is 0 Å². The van der Waals surface area contributed by atoms with Gasteiger partial charge in [-0.3, -0.25) is 10.1 Å². The highest BCUT2D eigenvalue weighted by atomic mass is 16.6. The quantitative estimate of drug-likeness (QED) is 0.268. The Kier molecular flexibility index (Phi) is 3.17. The third-order valence-corrected chi connectivity index (χ3v) is 2.07. The van der Waals surface area contributed by atoms with E-state index >= 15 is 0 Å². The van der Waals surface area contributed by atoms with Crippen LogP contribution in [-0.2, 0) is 6.54 Å². The van der Waals surface area contributed by atoms with E-state index in [1.807, 2.05) is 0 Å². The summed E-state index contributed by atoms with van der Waals surface area (Å²) in [6.07, 6.45) is 0. The van der Waals surface area contributed by atoms with Crippen molar-refractivity contribution in [2.24, 2.45) is 5.11 Å². The van der Waals surface area contributed by atoms with Gasteiger partial charge in [-0.25, -0.2) is 0 Å². The highest BCUT2D eigenvalue weighted by Gasteiger charge is 2.10. The van der Waals surface area contributed by atoms with Crippen molar-refractivity contribution in [1.82, 2.24) is 10.1 Å². The van der Waals surface area contributed by atoms with E-state index in [1.54, 1.807) is 0 Å². The Hall–Kier alpha value is -2.93. The average Bonchev–Trinajstić information content (AvgIpc) is 2.85. The second-order valence-corrected chi connectivity index (χ2v) is 3.20. The van der Waals surface area contributed by atoms with Crippen molar-refractivity contribution in [1.29, 1.82) is 0 Å². The lowest BCUT2D eigenvalue weighted by atomic mass is 10.2. The Morgan fingerprint density at radius 3 is 2.78 bits per heavy atom. The Bertz CT molecular complexity index is 613. The summed E-state index contributed by atoms with van der Waals surface area (Å²) in [7, 11) is 0. The summed E-state index contributed by atoms with van der Waals surface area (Å²) in [4.78, 5) is 16.5. The molecule has 0 aliphatic rings. The molecule has 2 rings (SSSR count). The molecule has 0 aliphatic carbocycles. The first-order valence-electron chi connectivity index (χ1n) is 4.79. The van der Waals surface area contributed by atoms with Gasteiger partial charge in [0.05, 0.1) is 4.92 Å². The molecular weight excluding hydrogens is 240 g/mol. The lowest BCUT2D eigenvalue weighted by Gasteiger charge is -1.93. The first-order valence-corrected chi connectivity index (χ1v) is 4.79. The maximum atomic E-state index is 10.5. The molecule has 1 aromatic heterocycles. The number of aromatic nitrogens is 2. The van der Waals surface area contributed by atoms with Gasteiger partial charge >= 0.3 is 0 Å². The number of hydrogen-bond donors (Lipinski definition) is 0. The largest absolute Gasteiger partial charge is 0.339 e. The van der Waals surface area contributed by atoms with Gasteiger partial charge in [-0.05, 0) is 17.7 Å². The molecular formula is C9H6N6O3. The smallest absolute Gasteiger partial charge is 0.269 e. The molecule has 0 spiro atoms. The van der Waals surface area contributed by atoms with Crippen LogP contribution in [0.3, 0.4) is 0 Å². The van der Waals surface area contributed by atoms with Crippen LogP contribution in [0, 0.1) is 10.1 Å². The molecule has 0 fully saturated rings. The fraction of sp³-hybridized carbons (Fsp3) is 0.111. The van der Waals surface area contributed by atoms with Gasteiger partial charge in [0.1, 0.15) is 6.54 Å². The Balaban J connectivity index is 2.23. The summed E-state index contributed by atoms with van der Waals surface area (Å²) in [5.74, 6) is 0.467. The summed E-state index contributed by atoms with van der Waals surface area (Å²) in [5.41, 5.74) is 8.70. The predicted molar refractivity (Wildman–Crippen MR) is 59.2 cm³/mol. The van der Waals surface area contributed by atoms with E-state index in [0.717, 1.165) is 0 Å². The Morgan fingerprint density at radius 2 is 2.17 bits per heavy atom. The van der Waals surface area contributed by atoms with Crippen molar-refractivity contribution >= 4 is 5.69 Å². The monoisotopic (exact) mass is 246 g/mol. The van der Waals surface area contributed by atoms with E-state index in [-0.39, 0.29) is 23.9 Å². The molecule has 0 N–H and O–H groups in total. The minimum atomic E-state index is -0.493. The molecule has 18 heavy (non-hydrogen) atoms. The van der Waals surface area contributed by atoms with Crippen LogP contribution in [0.2, 0.25) is 0 Å². The van der Waals surface area contributed by atoms with Gasteiger partial charge in [-0.15, -0.1) is 0 Å². The van der Waals surface area contributed by atoms with Crippen molar-refractivity contribution in [2.45, 2.75) is 6.54 Å². The SMILES string of the molecule is [N-]=[N+]=NCc1nc(-c2ccc([N+](=O)[O-])cc2)no1. The molecule has 9 nitrogen and oxygen atoms in total. The van der Waals surface area contributed by atoms with Gasteiger partial charge in [0.15, 0.2) is 0 Å². The van der Waals surface area contributed by atoms with E-state index in [9.17, 15) is 10.1 Å². The number of nitro groups is 1. The lowest BCUT2D eigenvalue weighted by molar-refractivity contribution is -0.384. The van der Waals surface area contributed by atoms with Gasteiger partial charge in [0.25, 0.3) is 5.69 Å². The zero-order chi connectivity index (χ0) is 13.0. The van der Waals surface area contributed by atoms with Crippen LogP contribution in [0.15, 0.2) is 33.9 Å². The summed E-state index contributed by atoms with van der Waals surface area (Å²) in [5, 5.41) is 17.4. The van der Waals surface area contributed by atoms with Crippen LogP contribution in [0.25, 0.3) is 21.8 Å². The van der Waals surface area contributed by atoms with Gasteiger partial charge in [-0.2, -0.15) is 4.98 Å². The van der Waals surface area contributed by atoms with Crippen LogP contribution in [0.4, 0.5) is 5.69 Å². The normalized spacial score (nSPS) is 9.78. The maximum Gasteiger partial charge on any atom is 0.269 e. The van der Waals surface area contributed by atoms with E-state index < -0.39 is 4.92 Å². The molecule has 9 heteroatoms. The molecule has 0 amide bonds. The molecule has 1 aromatic carbocycles. The lowest BCUT2D eigenvalue weighted by Crippen LogP contribution is -1.88. The van der Waals surface area contributed by atoms with Gasteiger partial charge < -0.3 is 4.52 Å². The van der Waals surface area contributed by atoms with Crippen LogP contribution in [0.5, 0.6) is 0 Å². The van der Waals surface area contributed by atoms with Crippen molar-refractivity contribution < 1.29 is 9.45 Å². The van der Waals surface area contributed by atoms with Gasteiger partial charge in [-0.1, -0.05) is 10.3 Å². The number of nitrogens with zero attached hydrogens (tertiary/aromatic N) is 6. The molecule has 0 saturated heterocycles. The number of nitro benzene ring substituents is 1. The van der Waals surface area contributed by atoms with E-state index in [1.165, 1.54) is 24.3 Å². The molecule has 0 aliphatic heterocycles. The zero-order valence-electron chi connectivity index (χ0n) is 8.92. The summed E-state index contributed by atoms with van der Waals surface area (Å²) < 4.78 is 4.84. The number of hydrogen-bond acceptors (Lipinski definition) is 6. The van der Waals surface area contributed by atoms with Crippen molar-refractivity contribution in [2.75, 3.05) is 0 Å². The summed E-state index contributed by atoms with van der Waals surface area (Å²) in [6, 6.07) is 5.72. The zero-order valence-corrected chi connectivity index (χ0v) is 8.92. The van der Waals surface area contributed by atoms with Crippen LogP contribution in [0.1, 0.15) is 5.89 Å². The first-order chi connectivity index (χ1) is 8.70. The molecule has 0 saturated carbocycles. The minimum absolute atomic E-state index is 0.0171. The average molecular weight is 246 g/mol. The topological polar surface area (TPSA) is 131 Å². The molecule has 0 unspecified atom stereocenters. The van der Waals surface area contributed by atoms with E-state index in [4.69, 9.17) is 10.1 Å². The van der Waals surface area contributed by atoms with Gasteiger partial charge in [0, 0.05) is 22.6 Å². The Labute approximate surface area is 99.8 Å². The third kappa shape index (κ3) is 2.42. The van der Waals surface area contributed by atoms with Crippen molar-refractivity contribution in [3.05, 3.63) is 50.7 Å². The van der Waals surface area contributed by atoms with Crippen molar-refractivity contribution in [3.8, 4) is 11.4 Å². The summed E-state index contributed by atoms with van der Waals surface area (Å²) >= 11 is 0. The van der Waals surface area contributed by atoms with Crippen LogP contribution < -0.4 is 0 Å². The van der Waals surface area contributed by atoms with Crippen LogP contribution in [-0.4, -0.2) is 15.1 Å². The second-order valence-electron chi connectivity index (χ2n) is 3.20. The number of benzene rings is 1. The standard InChI is InChI=1S/C9H6N6O3/c10-14-11-5-8-12-9(13-18-8)6-1-3-7(4-2-6)15(16)17/h1-4H,5H2. The highest BCUT2D eigenvalue weighted by Crippen LogP contribution is 2.19. The summed E-state index contributed by atoms with van der Waals surface area (Å²) in [6.45, 7) is -0.0313. The molecule has 0 atom stereocenters. The number of azide groups is 1. The third-order valence-electron chi connectivity index (χ3n) is 2.07.